The van der Waals surface area contributed by atoms with Gasteiger partial charge in [0.05, 0.1) is 5.52 Å². The number of likely N-dealkylation sites (tertiary alicyclic amines) is 1. The molecule has 2 aromatic heterocycles. The van der Waals surface area contributed by atoms with Gasteiger partial charge >= 0.3 is 0 Å². The lowest BCUT2D eigenvalue weighted by atomic mass is 10.0. The summed E-state index contributed by atoms with van der Waals surface area (Å²) in [5.41, 5.74) is 5.44. The van der Waals surface area contributed by atoms with Crippen LogP contribution in [0.3, 0.4) is 0 Å². The number of benzene rings is 2. The van der Waals surface area contributed by atoms with Crippen molar-refractivity contribution >= 4 is 17.1 Å². The van der Waals surface area contributed by atoms with E-state index in [0.717, 1.165) is 72.6 Å². The minimum absolute atomic E-state index is 0.189. The Morgan fingerprint density at radius 2 is 1.79 bits per heavy atom. The molecule has 1 atom stereocenters. The fraction of sp³-hybridized carbons (Fsp3) is 0.321. The van der Waals surface area contributed by atoms with E-state index in [9.17, 15) is 9.18 Å². The van der Waals surface area contributed by atoms with Crippen LogP contribution in [0.25, 0.3) is 33.7 Å². The third kappa shape index (κ3) is 3.87. The Labute approximate surface area is 198 Å². The first-order chi connectivity index (χ1) is 16.6. The predicted molar refractivity (Wildman–Crippen MR) is 131 cm³/mol. The van der Waals surface area contributed by atoms with Crippen molar-refractivity contribution in [2.75, 3.05) is 13.1 Å². The first kappa shape index (κ1) is 21.0. The molecule has 1 saturated carbocycles. The van der Waals surface area contributed by atoms with Crippen molar-refractivity contribution in [1.29, 1.82) is 0 Å². The maximum absolute atomic E-state index is 13.7. The van der Waals surface area contributed by atoms with Gasteiger partial charge in [0.2, 0.25) is 5.91 Å². The van der Waals surface area contributed by atoms with Crippen molar-refractivity contribution in [2.45, 2.75) is 32.7 Å². The summed E-state index contributed by atoms with van der Waals surface area (Å²) in [6.45, 7) is 4.26. The van der Waals surface area contributed by atoms with Gasteiger partial charge in [0.15, 0.2) is 5.65 Å². The Morgan fingerprint density at radius 1 is 1.03 bits per heavy atom. The number of imidazole rings is 1. The highest BCUT2D eigenvalue weighted by atomic mass is 19.1. The summed E-state index contributed by atoms with van der Waals surface area (Å²) in [6, 6.07) is 17.5. The number of pyridine rings is 1. The summed E-state index contributed by atoms with van der Waals surface area (Å²) in [7, 11) is 0. The van der Waals surface area contributed by atoms with E-state index in [2.05, 4.69) is 44.8 Å². The summed E-state index contributed by atoms with van der Waals surface area (Å²) in [5.74, 6) is 1.72. The monoisotopic (exact) mass is 454 g/mol. The highest BCUT2D eigenvalue weighted by molar-refractivity contribution is 5.81. The van der Waals surface area contributed by atoms with E-state index in [-0.39, 0.29) is 11.7 Å². The zero-order valence-electron chi connectivity index (χ0n) is 19.2. The number of rotatable bonds is 5. The standard InChI is InChI=1S/C28H27FN4O/c1-18-15-23(10-11-24(18)29)20-4-6-21(7-5-20)27-31-26-25(3-2-13-30-26)33(27)17-19-12-14-32(16-19)28(34)22-8-9-22/h2-7,10-11,13,15,19,22H,8-9,12,14,16-17H2,1H3/t19-/m0/s1. The molecule has 0 spiro atoms. The van der Waals surface area contributed by atoms with Gasteiger partial charge in [-0.3, -0.25) is 4.79 Å². The van der Waals surface area contributed by atoms with Gasteiger partial charge in [0, 0.05) is 37.3 Å². The number of aromatic nitrogens is 3. The molecule has 6 rings (SSSR count). The van der Waals surface area contributed by atoms with E-state index in [1.165, 1.54) is 6.07 Å². The van der Waals surface area contributed by atoms with Crippen molar-refractivity contribution in [3.8, 4) is 22.5 Å². The molecule has 2 aliphatic rings. The van der Waals surface area contributed by atoms with Crippen LogP contribution in [0.4, 0.5) is 4.39 Å². The Hall–Kier alpha value is -3.54. The number of carbonyl (C=O) groups excluding carboxylic acids is 1. The second-order valence-electron chi connectivity index (χ2n) is 9.65. The lowest BCUT2D eigenvalue weighted by Gasteiger charge is -2.17. The highest BCUT2D eigenvalue weighted by Crippen LogP contribution is 2.34. The molecular formula is C28H27FN4O. The molecule has 6 heteroatoms. The van der Waals surface area contributed by atoms with Crippen LogP contribution in [-0.2, 0) is 11.3 Å². The van der Waals surface area contributed by atoms with Crippen molar-refractivity contribution in [2.24, 2.45) is 11.8 Å². The molecule has 1 aliphatic heterocycles. The molecule has 0 N–H and O–H groups in total. The molecule has 1 saturated heterocycles. The van der Waals surface area contributed by atoms with E-state index in [0.29, 0.717) is 17.4 Å². The maximum atomic E-state index is 13.7. The van der Waals surface area contributed by atoms with E-state index in [1.807, 2.05) is 18.2 Å². The molecule has 0 bridgehead atoms. The number of aryl methyl sites for hydroxylation is 1. The molecule has 2 aromatic carbocycles. The summed E-state index contributed by atoms with van der Waals surface area (Å²) >= 11 is 0. The molecule has 5 nitrogen and oxygen atoms in total. The lowest BCUT2D eigenvalue weighted by molar-refractivity contribution is -0.131. The third-order valence-corrected chi connectivity index (χ3v) is 7.12. The van der Waals surface area contributed by atoms with E-state index in [1.54, 1.807) is 13.1 Å². The second-order valence-corrected chi connectivity index (χ2v) is 9.65. The molecule has 34 heavy (non-hydrogen) atoms. The fourth-order valence-corrected chi connectivity index (χ4v) is 5.03. The number of fused-ring (bicyclic) bond motifs is 1. The van der Waals surface area contributed by atoms with Crippen LogP contribution >= 0.6 is 0 Å². The first-order valence-electron chi connectivity index (χ1n) is 12.0. The van der Waals surface area contributed by atoms with Crippen molar-refractivity contribution < 1.29 is 9.18 Å². The minimum Gasteiger partial charge on any atom is -0.342 e. The van der Waals surface area contributed by atoms with Crippen LogP contribution in [0.1, 0.15) is 24.8 Å². The van der Waals surface area contributed by atoms with E-state index in [4.69, 9.17) is 4.98 Å². The lowest BCUT2D eigenvalue weighted by Crippen LogP contribution is -2.30. The molecule has 1 aliphatic carbocycles. The van der Waals surface area contributed by atoms with Gasteiger partial charge < -0.3 is 9.47 Å². The summed E-state index contributed by atoms with van der Waals surface area (Å²) in [4.78, 5) is 23.9. The van der Waals surface area contributed by atoms with E-state index >= 15 is 0 Å². The van der Waals surface area contributed by atoms with Gasteiger partial charge in [0.25, 0.3) is 0 Å². The minimum atomic E-state index is -0.189. The van der Waals surface area contributed by atoms with Gasteiger partial charge in [-0.05, 0) is 73.1 Å². The Bertz CT molecular complexity index is 1370. The second kappa shape index (κ2) is 8.35. The Balaban J connectivity index is 1.30. The zero-order valence-corrected chi connectivity index (χ0v) is 19.2. The van der Waals surface area contributed by atoms with Crippen LogP contribution in [-0.4, -0.2) is 38.4 Å². The zero-order chi connectivity index (χ0) is 23.2. The summed E-state index contributed by atoms with van der Waals surface area (Å²) < 4.78 is 15.9. The normalized spacial score (nSPS) is 18.1. The molecule has 172 valence electrons. The van der Waals surface area contributed by atoms with Gasteiger partial charge in [0.1, 0.15) is 11.6 Å². The smallest absolute Gasteiger partial charge is 0.225 e. The number of halogens is 1. The Kier molecular flexibility index (Phi) is 5.16. The molecule has 3 heterocycles. The largest absolute Gasteiger partial charge is 0.342 e. The van der Waals surface area contributed by atoms with Crippen LogP contribution < -0.4 is 0 Å². The van der Waals surface area contributed by atoms with Gasteiger partial charge in [-0.25, -0.2) is 14.4 Å². The summed E-state index contributed by atoms with van der Waals surface area (Å²) in [6.07, 6.45) is 4.89. The fourth-order valence-electron chi connectivity index (χ4n) is 5.03. The number of amides is 1. The average Bonchev–Trinajstić information content (AvgIpc) is 3.50. The molecular weight excluding hydrogens is 427 g/mol. The number of carbonyl (C=O) groups is 1. The van der Waals surface area contributed by atoms with Gasteiger partial charge in [-0.1, -0.05) is 30.3 Å². The van der Waals surface area contributed by atoms with Crippen molar-refractivity contribution in [3.63, 3.8) is 0 Å². The predicted octanol–water partition coefficient (Wildman–Crippen LogP) is 5.47. The maximum Gasteiger partial charge on any atom is 0.225 e. The van der Waals surface area contributed by atoms with E-state index < -0.39 is 0 Å². The quantitative estimate of drug-likeness (QED) is 0.402. The number of nitrogens with zero attached hydrogens (tertiary/aromatic N) is 4. The van der Waals surface area contributed by atoms with Crippen LogP contribution in [0.15, 0.2) is 60.8 Å². The molecule has 0 radical (unpaired) electrons. The third-order valence-electron chi connectivity index (χ3n) is 7.12. The molecule has 4 aromatic rings. The Morgan fingerprint density at radius 3 is 2.56 bits per heavy atom. The van der Waals surface area contributed by atoms with Crippen molar-refractivity contribution in [3.05, 3.63) is 72.2 Å². The average molecular weight is 455 g/mol. The highest BCUT2D eigenvalue weighted by Gasteiger charge is 2.36. The molecule has 1 amide bonds. The summed E-state index contributed by atoms with van der Waals surface area (Å²) in [5, 5.41) is 0. The van der Waals surface area contributed by atoms with Gasteiger partial charge in [-0.2, -0.15) is 0 Å². The van der Waals surface area contributed by atoms with Gasteiger partial charge in [-0.15, -0.1) is 0 Å². The first-order valence-corrected chi connectivity index (χ1v) is 12.0. The van der Waals surface area contributed by atoms with Crippen LogP contribution in [0, 0.1) is 24.6 Å². The van der Waals surface area contributed by atoms with Crippen LogP contribution in [0.5, 0.6) is 0 Å². The van der Waals surface area contributed by atoms with Crippen LogP contribution in [0.2, 0.25) is 0 Å². The molecule has 2 fully saturated rings. The molecule has 0 unspecified atom stereocenters. The van der Waals surface area contributed by atoms with Crippen molar-refractivity contribution in [1.82, 2.24) is 19.4 Å². The topological polar surface area (TPSA) is 51.0 Å². The SMILES string of the molecule is Cc1cc(-c2ccc(-c3nc4ncccc4n3C[C@H]3CCN(C(=O)C4CC4)C3)cc2)ccc1F. The number of hydrogen-bond donors (Lipinski definition) is 0. The number of hydrogen-bond acceptors (Lipinski definition) is 3.